The molecule has 116 valence electrons. The number of halogens is 2. The van der Waals surface area contributed by atoms with E-state index in [9.17, 15) is 8.42 Å². The maximum Gasteiger partial charge on any atom is 0.208 e. The highest BCUT2D eigenvalue weighted by Crippen LogP contribution is 2.22. The van der Waals surface area contributed by atoms with E-state index < -0.39 is 10.0 Å². The van der Waals surface area contributed by atoms with E-state index >= 15 is 0 Å². The van der Waals surface area contributed by atoms with Gasteiger partial charge in [-0.05, 0) is 24.6 Å². The van der Waals surface area contributed by atoms with Crippen molar-refractivity contribution in [3.05, 3.63) is 28.5 Å². The van der Waals surface area contributed by atoms with Gasteiger partial charge < -0.3 is 4.57 Å². The summed E-state index contributed by atoms with van der Waals surface area (Å²) in [5.74, 6) is 1.43. The quantitative estimate of drug-likeness (QED) is 0.580. The molecule has 0 spiro atoms. The molecule has 0 radical (unpaired) electrons. The predicted octanol–water partition coefficient (Wildman–Crippen LogP) is 2.52. The van der Waals surface area contributed by atoms with Crippen molar-refractivity contribution in [3.63, 3.8) is 0 Å². The summed E-state index contributed by atoms with van der Waals surface area (Å²) in [5.41, 5.74) is 1.96. The molecule has 1 N–H and O–H groups in total. The third-order valence-corrected chi connectivity index (χ3v) is 4.44. The van der Waals surface area contributed by atoms with Crippen molar-refractivity contribution in [2.75, 3.05) is 18.7 Å². The average Bonchev–Trinajstić information content (AvgIpc) is 2.71. The minimum atomic E-state index is -3.14. The lowest BCUT2D eigenvalue weighted by atomic mass is 10.3. The van der Waals surface area contributed by atoms with Crippen LogP contribution in [0.5, 0.6) is 0 Å². The molecule has 1 aromatic heterocycles. The summed E-state index contributed by atoms with van der Waals surface area (Å²) in [6, 6.07) is 5.93. The number of rotatable bonds is 7. The van der Waals surface area contributed by atoms with Crippen molar-refractivity contribution in [2.24, 2.45) is 0 Å². The maximum atomic E-state index is 11.1. The Morgan fingerprint density at radius 3 is 2.86 bits per heavy atom. The second kappa shape index (κ2) is 7.09. The number of fused-ring (bicyclic) bond motifs is 1. The minimum absolute atomic E-state index is 0.410. The van der Waals surface area contributed by atoms with E-state index in [1.807, 2.05) is 18.2 Å². The molecule has 0 aliphatic heterocycles. The fourth-order valence-electron chi connectivity index (χ4n) is 2.17. The summed E-state index contributed by atoms with van der Waals surface area (Å²) in [7, 11) is -3.14. The smallest absolute Gasteiger partial charge is 0.208 e. The number of benzene rings is 1. The number of imidazole rings is 1. The minimum Gasteiger partial charge on any atom is -0.328 e. The maximum absolute atomic E-state index is 11.1. The number of alkyl halides is 1. The van der Waals surface area contributed by atoms with Crippen LogP contribution in [0, 0.1) is 0 Å². The Morgan fingerprint density at radius 1 is 1.43 bits per heavy atom. The number of nitrogens with one attached hydrogen (secondary N) is 1. The number of hydrogen-bond acceptors (Lipinski definition) is 3. The summed E-state index contributed by atoms with van der Waals surface area (Å²) < 4.78 is 27.7. The van der Waals surface area contributed by atoms with Crippen LogP contribution in [-0.4, -0.2) is 36.6 Å². The Bertz CT molecular complexity index is 730. The van der Waals surface area contributed by atoms with E-state index in [1.165, 1.54) is 0 Å². The van der Waals surface area contributed by atoms with Crippen LogP contribution >= 0.6 is 27.5 Å². The molecular formula is C13H17BrClN3O2S. The Hall–Kier alpha value is -0.630. The normalized spacial score (nSPS) is 12.1. The first-order chi connectivity index (χ1) is 9.90. The summed E-state index contributed by atoms with van der Waals surface area (Å²) in [4.78, 5) is 4.59. The first-order valence-corrected chi connectivity index (χ1v) is 9.78. The summed E-state index contributed by atoms with van der Waals surface area (Å²) in [6.07, 6.45) is 2.54. The summed E-state index contributed by atoms with van der Waals surface area (Å²) in [5, 5.41) is 0. The molecule has 2 aromatic rings. The fourth-order valence-corrected chi connectivity index (χ4v) is 3.20. The van der Waals surface area contributed by atoms with Crippen LogP contribution in [0.3, 0.4) is 0 Å². The Balaban J connectivity index is 2.19. The lowest BCUT2D eigenvalue weighted by molar-refractivity contribution is 0.574. The number of hydrogen-bond donors (Lipinski definition) is 1. The molecule has 0 amide bonds. The standard InChI is InChI=1S/C13H17BrClN3O2S/c1-21(19,20)16-7-2-8-18-12-9-10(14)3-4-11(12)17-13(18)5-6-15/h3-4,9,16H,2,5-8H2,1H3. The van der Waals surface area contributed by atoms with Crippen LogP contribution in [0.2, 0.25) is 0 Å². The van der Waals surface area contributed by atoms with Gasteiger partial charge in [0, 0.05) is 29.9 Å². The zero-order valence-corrected chi connectivity index (χ0v) is 14.8. The van der Waals surface area contributed by atoms with Gasteiger partial charge in [0.25, 0.3) is 0 Å². The molecule has 0 saturated carbocycles. The SMILES string of the molecule is CS(=O)(=O)NCCCn1c(CCCl)nc2ccc(Br)cc21. The number of nitrogens with zero attached hydrogens (tertiary/aromatic N) is 2. The molecule has 0 saturated heterocycles. The van der Waals surface area contributed by atoms with Crippen molar-refractivity contribution < 1.29 is 8.42 Å². The molecule has 0 unspecified atom stereocenters. The lowest BCUT2D eigenvalue weighted by Gasteiger charge is -2.09. The van der Waals surface area contributed by atoms with Gasteiger partial charge in [-0.25, -0.2) is 18.1 Å². The monoisotopic (exact) mass is 393 g/mol. The van der Waals surface area contributed by atoms with Gasteiger partial charge >= 0.3 is 0 Å². The lowest BCUT2D eigenvalue weighted by Crippen LogP contribution is -2.24. The molecule has 5 nitrogen and oxygen atoms in total. The van der Waals surface area contributed by atoms with Crippen molar-refractivity contribution in [3.8, 4) is 0 Å². The number of aromatic nitrogens is 2. The van der Waals surface area contributed by atoms with Gasteiger partial charge in [0.2, 0.25) is 10.0 Å². The molecule has 21 heavy (non-hydrogen) atoms. The zero-order valence-electron chi connectivity index (χ0n) is 11.6. The van der Waals surface area contributed by atoms with Crippen LogP contribution < -0.4 is 4.72 Å². The number of sulfonamides is 1. The molecule has 0 bridgehead atoms. The topological polar surface area (TPSA) is 64.0 Å². The van der Waals surface area contributed by atoms with Crippen molar-refractivity contribution in [2.45, 2.75) is 19.4 Å². The molecule has 0 atom stereocenters. The van der Waals surface area contributed by atoms with Crippen LogP contribution in [0.1, 0.15) is 12.2 Å². The second-order valence-electron chi connectivity index (χ2n) is 4.77. The Labute approximate surface area is 137 Å². The largest absolute Gasteiger partial charge is 0.328 e. The van der Waals surface area contributed by atoms with E-state index in [1.54, 1.807) is 0 Å². The second-order valence-corrected chi connectivity index (χ2v) is 7.90. The van der Waals surface area contributed by atoms with E-state index in [-0.39, 0.29) is 0 Å². The van der Waals surface area contributed by atoms with Crippen molar-refractivity contribution in [1.29, 1.82) is 0 Å². The highest BCUT2D eigenvalue weighted by atomic mass is 79.9. The number of aryl methyl sites for hydroxylation is 2. The van der Waals surface area contributed by atoms with Crippen molar-refractivity contribution >= 4 is 48.6 Å². The molecule has 1 aromatic carbocycles. The van der Waals surface area contributed by atoms with Crippen molar-refractivity contribution in [1.82, 2.24) is 14.3 Å². The van der Waals surface area contributed by atoms with Gasteiger partial charge in [-0.15, -0.1) is 11.6 Å². The summed E-state index contributed by atoms with van der Waals surface area (Å²) >= 11 is 9.30. The first-order valence-electron chi connectivity index (χ1n) is 6.56. The molecule has 0 aliphatic rings. The highest BCUT2D eigenvalue weighted by molar-refractivity contribution is 9.10. The van der Waals surface area contributed by atoms with E-state index in [2.05, 4.69) is 30.2 Å². The third kappa shape index (κ3) is 4.67. The van der Waals surface area contributed by atoms with Gasteiger partial charge in [0.15, 0.2) is 0 Å². The van der Waals surface area contributed by atoms with Crippen LogP contribution in [0.4, 0.5) is 0 Å². The van der Waals surface area contributed by atoms with Gasteiger partial charge in [0.05, 0.1) is 17.3 Å². The average molecular weight is 395 g/mol. The third-order valence-electron chi connectivity index (χ3n) is 3.03. The van der Waals surface area contributed by atoms with E-state index in [4.69, 9.17) is 11.6 Å². The van der Waals surface area contributed by atoms with Gasteiger partial charge in [0.1, 0.15) is 5.82 Å². The van der Waals surface area contributed by atoms with Crippen LogP contribution in [0.15, 0.2) is 22.7 Å². The van der Waals surface area contributed by atoms with Crippen LogP contribution in [0.25, 0.3) is 11.0 Å². The van der Waals surface area contributed by atoms with Gasteiger partial charge in [-0.2, -0.15) is 0 Å². The Morgan fingerprint density at radius 2 is 2.19 bits per heavy atom. The molecule has 1 heterocycles. The fraction of sp³-hybridized carbons (Fsp3) is 0.462. The molecule has 0 fully saturated rings. The predicted molar refractivity (Wildman–Crippen MR) is 89.3 cm³/mol. The molecule has 8 heteroatoms. The van der Waals surface area contributed by atoms with Gasteiger partial charge in [-0.1, -0.05) is 15.9 Å². The molecular weight excluding hydrogens is 378 g/mol. The Kier molecular flexibility index (Phi) is 5.65. The summed E-state index contributed by atoms with van der Waals surface area (Å²) in [6.45, 7) is 1.11. The van der Waals surface area contributed by atoms with E-state index in [0.717, 1.165) is 27.6 Å². The highest BCUT2D eigenvalue weighted by Gasteiger charge is 2.10. The molecule has 2 rings (SSSR count). The zero-order chi connectivity index (χ0) is 15.5. The van der Waals surface area contributed by atoms with Crippen LogP contribution in [-0.2, 0) is 23.0 Å². The van der Waals surface area contributed by atoms with Gasteiger partial charge in [-0.3, -0.25) is 0 Å². The van der Waals surface area contributed by atoms with E-state index in [0.29, 0.717) is 31.8 Å². The first kappa shape index (κ1) is 16.7. The molecule has 0 aliphatic carbocycles.